The molecule has 0 saturated heterocycles. The number of aromatic nitrogens is 2. The van der Waals surface area contributed by atoms with Gasteiger partial charge in [-0.15, -0.1) is 0 Å². The molecule has 4 aromatic rings. The third kappa shape index (κ3) is 3.23. The highest BCUT2D eigenvalue weighted by atomic mass is 35.5. The van der Waals surface area contributed by atoms with Crippen LogP contribution in [0.1, 0.15) is 12.7 Å². The highest BCUT2D eigenvalue weighted by molar-refractivity contribution is 7.22. The molecule has 8 heteroatoms. The summed E-state index contributed by atoms with van der Waals surface area (Å²) in [5.74, 6) is 1.26. The van der Waals surface area contributed by atoms with E-state index in [1.54, 1.807) is 13.0 Å². The minimum absolute atomic E-state index is 0.490. The van der Waals surface area contributed by atoms with E-state index in [1.807, 2.05) is 43.3 Å². The number of carbonyl (C=O) groups is 1. The molecule has 0 aliphatic rings. The van der Waals surface area contributed by atoms with E-state index in [0.717, 1.165) is 16.0 Å². The Morgan fingerprint density at radius 1 is 1.29 bits per heavy atom. The van der Waals surface area contributed by atoms with E-state index in [1.165, 1.54) is 16.2 Å². The third-order valence-corrected chi connectivity index (χ3v) is 5.52. The number of amides is 1. The first kappa shape index (κ1) is 18.5. The van der Waals surface area contributed by atoms with Crippen LogP contribution in [0.5, 0.6) is 5.75 Å². The topological polar surface area (TPSA) is 68.5 Å². The number of aryl methyl sites for hydroxylation is 1. The molecule has 0 fully saturated rings. The van der Waals surface area contributed by atoms with Crippen LogP contribution in [-0.4, -0.2) is 23.2 Å². The van der Waals surface area contributed by atoms with Crippen molar-refractivity contribution in [3.05, 3.63) is 53.2 Å². The van der Waals surface area contributed by atoms with Crippen LogP contribution in [0.2, 0.25) is 5.02 Å². The summed E-state index contributed by atoms with van der Waals surface area (Å²) >= 11 is 7.72. The molecule has 0 N–H and O–H groups in total. The first-order valence-corrected chi connectivity index (χ1v) is 9.81. The Labute approximate surface area is 170 Å². The molecule has 0 radical (unpaired) electrons. The second-order valence-corrected chi connectivity index (χ2v) is 7.37. The van der Waals surface area contributed by atoms with Crippen LogP contribution in [0.4, 0.5) is 10.8 Å². The van der Waals surface area contributed by atoms with Gasteiger partial charge in [0.1, 0.15) is 17.1 Å². The molecule has 0 unspecified atom stereocenters. The maximum Gasteiger partial charge on any atom is 0.220 e. The largest absolute Gasteiger partial charge is 0.494 e. The Morgan fingerprint density at radius 3 is 2.86 bits per heavy atom. The molecule has 142 valence electrons. The lowest BCUT2D eigenvalue weighted by Gasteiger charge is -2.14. The second kappa shape index (κ2) is 7.61. The fourth-order valence-corrected chi connectivity index (χ4v) is 4.12. The standard InChI is InChI=1S/C20H16ClN3O3S/c1-3-26-13-8-9-16-17(10-13)28-20(22-16)24(11-25)19-12(2)27-23-18(19)14-6-4-5-7-15(14)21/h4-11H,3H2,1-2H3. The number of thiazole rings is 1. The van der Waals surface area contributed by atoms with Gasteiger partial charge in [-0.25, -0.2) is 4.98 Å². The number of benzene rings is 2. The molecule has 4 rings (SSSR count). The molecule has 0 saturated carbocycles. The van der Waals surface area contributed by atoms with Crippen LogP contribution in [0.15, 0.2) is 47.0 Å². The lowest BCUT2D eigenvalue weighted by atomic mass is 10.1. The first-order chi connectivity index (χ1) is 13.6. The molecule has 28 heavy (non-hydrogen) atoms. The summed E-state index contributed by atoms with van der Waals surface area (Å²) < 4.78 is 11.8. The van der Waals surface area contributed by atoms with Gasteiger partial charge in [0, 0.05) is 5.56 Å². The monoisotopic (exact) mass is 413 g/mol. The molecular weight excluding hydrogens is 398 g/mol. The SMILES string of the molecule is CCOc1ccc2nc(N(C=O)c3c(-c4ccccc4Cl)noc3C)sc2c1. The molecule has 0 aliphatic heterocycles. The van der Waals surface area contributed by atoms with Gasteiger partial charge < -0.3 is 9.26 Å². The molecule has 2 aromatic heterocycles. The Morgan fingerprint density at radius 2 is 2.11 bits per heavy atom. The predicted octanol–water partition coefficient (Wildman–Crippen LogP) is 5.61. The number of hydrogen-bond donors (Lipinski definition) is 0. The summed E-state index contributed by atoms with van der Waals surface area (Å²) in [5, 5.41) is 5.16. The van der Waals surface area contributed by atoms with Crippen LogP contribution < -0.4 is 9.64 Å². The zero-order valence-corrected chi connectivity index (χ0v) is 16.8. The minimum Gasteiger partial charge on any atom is -0.494 e. The Balaban J connectivity index is 1.82. The molecule has 0 atom stereocenters. The number of rotatable bonds is 6. The molecule has 0 bridgehead atoms. The molecule has 0 spiro atoms. The Bertz CT molecular complexity index is 1150. The van der Waals surface area contributed by atoms with Gasteiger partial charge in [-0.05, 0) is 38.1 Å². The zero-order chi connectivity index (χ0) is 19.7. The highest BCUT2D eigenvalue weighted by Crippen LogP contribution is 2.41. The normalized spacial score (nSPS) is 11.0. The van der Waals surface area contributed by atoms with Crippen LogP contribution in [0.25, 0.3) is 21.5 Å². The maximum atomic E-state index is 12.0. The predicted molar refractivity (Wildman–Crippen MR) is 111 cm³/mol. The number of hydrogen-bond acceptors (Lipinski definition) is 6. The van der Waals surface area contributed by atoms with Crippen LogP contribution >= 0.6 is 22.9 Å². The maximum absolute atomic E-state index is 12.0. The van der Waals surface area contributed by atoms with E-state index in [0.29, 0.717) is 45.9 Å². The van der Waals surface area contributed by atoms with Crippen molar-refractivity contribution < 1.29 is 14.1 Å². The van der Waals surface area contributed by atoms with Gasteiger partial charge in [-0.2, -0.15) is 0 Å². The van der Waals surface area contributed by atoms with E-state index in [2.05, 4.69) is 10.1 Å². The quantitative estimate of drug-likeness (QED) is 0.384. The van der Waals surface area contributed by atoms with Crippen molar-refractivity contribution in [3.63, 3.8) is 0 Å². The van der Waals surface area contributed by atoms with E-state index in [4.69, 9.17) is 20.9 Å². The van der Waals surface area contributed by atoms with Gasteiger partial charge in [-0.3, -0.25) is 9.69 Å². The third-order valence-electron chi connectivity index (χ3n) is 4.17. The van der Waals surface area contributed by atoms with Gasteiger partial charge in [0.05, 0.1) is 21.8 Å². The van der Waals surface area contributed by atoms with E-state index >= 15 is 0 Å². The fraction of sp³-hybridized carbons (Fsp3) is 0.150. The number of carbonyl (C=O) groups excluding carboxylic acids is 1. The average molecular weight is 414 g/mol. The van der Waals surface area contributed by atoms with Gasteiger partial charge in [-0.1, -0.05) is 46.3 Å². The lowest BCUT2D eigenvalue weighted by Crippen LogP contribution is -2.15. The van der Waals surface area contributed by atoms with Crippen molar-refractivity contribution in [3.8, 4) is 17.0 Å². The zero-order valence-electron chi connectivity index (χ0n) is 15.2. The van der Waals surface area contributed by atoms with E-state index in [-0.39, 0.29) is 0 Å². The molecule has 1 amide bonds. The number of anilines is 2. The van der Waals surface area contributed by atoms with Gasteiger partial charge in [0.15, 0.2) is 10.9 Å². The van der Waals surface area contributed by atoms with E-state index in [9.17, 15) is 4.79 Å². The van der Waals surface area contributed by atoms with Crippen molar-refractivity contribution in [2.24, 2.45) is 0 Å². The summed E-state index contributed by atoms with van der Waals surface area (Å²) in [4.78, 5) is 18.1. The average Bonchev–Trinajstić information content (AvgIpc) is 3.27. The minimum atomic E-state index is 0.490. The van der Waals surface area contributed by atoms with Crippen LogP contribution in [0.3, 0.4) is 0 Å². The van der Waals surface area contributed by atoms with Gasteiger partial charge in [0.2, 0.25) is 6.41 Å². The fourth-order valence-electron chi connectivity index (χ4n) is 2.93. The van der Waals surface area contributed by atoms with Crippen molar-refractivity contribution in [1.82, 2.24) is 10.1 Å². The van der Waals surface area contributed by atoms with Crippen LogP contribution in [-0.2, 0) is 4.79 Å². The summed E-state index contributed by atoms with van der Waals surface area (Å²) in [5.41, 5.74) is 2.47. The summed E-state index contributed by atoms with van der Waals surface area (Å²) in [6.07, 6.45) is 0.709. The molecule has 2 aromatic carbocycles. The molecule has 6 nitrogen and oxygen atoms in total. The van der Waals surface area contributed by atoms with E-state index < -0.39 is 0 Å². The van der Waals surface area contributed by atoms with Crippen molar-refractivity contribution in [1.29, 1.82) is 0 Å². The van der Waals surface area contributed by atoms with Crippen LogP contribution in [0, 0.1) is 6.92 Å². The number of nitrogens with zero attached hydrogens (tertiary/aromatic N) is 3. The van der Waals surface area contributed by atoms with Gasteiger partial charge >= 0.3 is 0 Å². The first-order valence-electron chi connectivity index (χ1n) is 8.61. The Kier molecular flexibility index (Phi) is 5.02. The molecule has 2 heterocycles. The second-order valence-electron chi connectivity index (χ2n) is 5.95. The summed E-state index contributed by atoms with van der Waals surface area (Å²) in [7, 11) is 0. The number of fused-ring (bicyclic) bond motifs is 1. The molecule has 0 aliphatic carbocycles. The Hall–Kier alpha value is -2.90. The van der Waals surface area contributed by atoms with Gasteiger partial charge in [0.25, 0.3) is 0 Å². The molecular formula is C20H16ClN3O3S. The van der Waals surface area contributed by atoms with Crippen molar-refractivity contribution in [2.45, 2.75) is 13.8 Å². The summed E-state index contributed by atoms with van der Waals surface area (Å²) in [6, 6.07) is 12.9. The van der Waals surface area contributed by atoms with Crippen molar-refractivity contribution in [2.75, 3.05) is 11.5 Å². The number of ether oxygens (including phenoxy) is 1. The van der Waals surface area contributed by atoms with Crippen molar-refractivity contribution >= 4 is 50.4 Å². The lowest BCUT2D eigenvalue weighted by molar-refractivity contribution is -0.106. The number of halogens is 1. The highest BCUT2D eigenvalue weighted by Gasteiger charge is 2.25. The smallest absolute Gasteiger partial charge is 0.220 e. The summed E-state index contributed by atoms with van der Waals surface area (Å²) in [6.45, 7) is 4.26.